The molecule has 0 saturated carbocycles. The summed E-state index contributed by atoms with van der Waals surface area (Å²) in [6.07, 6.45) is 1.68. The molecule has 0 spiro atoms. The Kier molecular flexibility index (Phi) is 4.31. The van der Waals surface area contributed by atoms with Gasteiger partial charge < -0.3 is 5.41 Å². The Balaban J connectivity index is 5.03. The topological polar surface area (TPSA) is 47.6 Å². The van der Waals surface area contributed by atoms with Crippen molar-refractivity contribution in [2.75, 3.05) is 0 Å². The zero-order chi connectivity index (χ0) is 9.72. The lowest BCUT2D eigenvalue weighted by molar-refractivity contribution is 1.38. The van der Waals surface area contributed by atoms with Gasteiger partial charge in [0.25, 0.3) is 0 Å². The molecule has 3 heteroatoms. The fourth-order valence-electron chi connectivity index (χ4n) is 0.642. The summed E-state index contributed by atoms with van der Waals surface area (Å²) in [7, 11) is 0. The molecule has 0 atom stereocenters. The number of nitrogens with one attached hydrogen (secondary N) is 1. The van der Waals surface area contributed by atoms with E-state index in [0.29, 0.717) is 5.03 Å². The van der Waals surface area contributed by atoms with Crippen LogP contribution < -0.4 is 0 Å². The van der Waals surface area contributed by atoms with Crippen LogP contribution in [0, 0.1) is 16.7 Å². The highest BCUT2D eigenvalue weighted by atomic mass is 35.5. The number of nitrogens with zero attached hydrogens (tertiary/aromatic N) is 1. The maximum atomic E-state index is 8.62. The van der Waals surface area contributed by atoms with Crippen LogP contribution in [-0.4, -0.2) is 5.71 Å². The summed E-state index contributed by atoms with van der Waals surface area (Å²) in [4.78, 5) is 0. The van der Waals surface area contributed by atoms with Crippen LogP contribution >= 0.6 is 11.6 Å². The molecule has 2 nitrogen and oxygen atoms in total. The Morgan fingerprint density at radius 1 is 1.42 bits per heavy atom. The molecule has 64 valence electrons. The monoisotopic (exact) mass is 182 g/mol. The van der Waals surface area contributed by atoms with Gasteiger partial charge in [-0.1, -0.05) is 17.2 Å². The van der Waals surface area contributed by atoms with Gasteiger partial charge in [0.2, 0.25) is 0 Å². The van der Waals surface area contributed by atoms with Gasteiger partial charge in [0.1, 0.15) is 6.07 Å². The second-order valence-corrected chi connectivity index (χ2v) is 3.09. The lowest BCUT2D eigenvalue weighted by atomic mass is 10.1. The molecule has 0 aromatic rings. The number of nitriles is 1. The first-order valence-electron chi connectivity index (χ1n) is 3.49. The summed E-state index contributed by atoms with van der Waals surface area (Å²) in [6.45, 7) is 5.31. The van der Waals surface area contributed by atoms with Crippen LogP contribution in [-0.2, 0) is 0 Å². The van der Waals surface area contributed by atoms with E-state index in [4.69, 9.17) is 22.3 Å². The molecular weight excluding hydrogens is 172 g/mol. The summed E-state index contributed by atoms with van der Waals surface area (Å²) in [5.41, 5.74) is 1.44. The van der Waals surface area contributed by atoms with Gasteiger partial charge in [0.05, 0.1) is 10.6 Å². The summed E-state index contributed by atoms with van der Waals surface area (Å²) in [5.74, 6) is 0. The van der Waals surface area contributed by atoms with Crippen LogP contribution in [0.1, 0.15) is 20.8 Å². The molecule has 12 heavy (non-hydrogen) atoms. The second kappa shape index (κ2) is 4.74. The molecule has 0 unspecified atom stereocenters. The van der Waals surface area contributed by atoms with E-state index in [1.54, 1.807) is 13.0 Å². The van der Waals surface area contributed by atoms with Gasteiger partial charge in [-0.3, -0.25) is 0 Å². The van der Waals surface area contributed by atoms with E-state index in [1.165, 1.54) is 0 Å². The first kappa shape index (κ1) is 10.9. The number of allylic oxidation sites excluding steroid dienone is 4. The van der Waals surface area contributed by atoms with Gasteiger partial charge in [-0.2, -0.15) is 5.26 Å². The predicted molar refractivity (Wildman–Crippen MR) is 51.3 cm³/mol. The maximum Gasteiger partial charge on any atom is 0.103 e. The summed E-state index contributed by atoms with van der Waals surface area (Å²) in [5, 5.41) is 16.2. The van der Waals surface area contributed by atoms with E-state index in [0.717, 1.165) is 5.57 Å². The first-order valence-corrected chi connectivity index (χ1v) is 3.87. The summed E-state index contributed by atoms with van der Waals surface area (Å²) >= 11 is 5.78. The Hall–Kier alpha value is -1.07. The molecule has 0 rings (SSSR count). The van der Waals surface area contributed by atoms with Gasteiger partial charge in [0.15, 0.2) is 0 Å². The van der Waals surface area contributed by atoms with Crippen LogP contribution in [0.2, 0.25) is 0 Å². The van der Waals surface area contributed by atoms with E-state index >= 15 is 0 Å². The predicted octanol–water partition coefficient (Wildman–Crippen LogP) is 3.01. The fourth-order valence-corrected chi connectivity index (χ4v) is 1.04. The minimum Gasteiger partial charge on any atom is -0.304 e. The van der Waals surface area contributed by atoms with E-state index in [9.17, 15) is 0 Å². The van der Waals surface area contributed by atoms with Crippen molar-refractivity contribution in [3.8, 4) is 6.07 Å². The third-order valence-corrected chi connectivity index (χ3v) is 1.44. The molecular formula is C9H11ClN2. The van der Waals surface area contributed by atoms with Gasteiger partial charge in [-0.05, 0) is 26.8 Å². The molecule has 0 heterocycles. The largest absolute Gasteiger partial charge is 0.304 e. The molecule has 0 aliphatic rings. The summed E-state index contributed by atoms with van der Waals surface area (Å²) in [6, 6.07) is 1.89. The lowest BCUT2D eigenvalue weighted by Gasteiger charge is -1.96. The summed E-state index contributed by atoms with van der Waals surface area (Å²) < 4.78 is 0. The van der Waals surface area contributed by atoms with Crippen LogP contribution in [0.25, 0.3) is 0 Å². The van der Waals surface area contributed by atoms with Gasteiger partial charge >= 0.3 is 0 Å². The zero-order valence-electron chi connectivity index (χ0n) is 7.40. The minimum absolute atomic E-state index is 0.194. The SMILES string of the molecule is CC(=N)C(C#N)=C(Cl)C=C(C)C. The van der Waals surface area contributed by atoms with Crippen LogP contribution in [0.5, 0.6) is 0 Å². The van der Waals surface area contributed by atoms with Crippen LogP contribution in [0.4, 0.5) is 0 Å². The molecule has 0 bridgehead atoms. The highest BCUT2D eigenvalue weighted by Gasteiger charge is 2.03. The van der Waals surface area contributed by atoms with Crippen molar-refractivity contribution in [2.24, 2.45) is 0 Å². The maximum absolute atomic E-state index is 8.62. The van der Waals surface area contributed by atoms with Gasteiger partial charge in [0, 0.05) is 5.71 Å². The smallest absolute Gasteiger partial charge is 0.103 e. The number of hydrogen-bond donors (Lipinski definition) is 1. The zero-order valence-corrected chi connectivity index (χ0v) is 8.16. The van der Waals surface area contributed by atoms with Crippen molar-refractivity contribution >= 4 is 17.3 Å². The van der Waals surface area contributed by atoms with E-state index < -0.39 is 0 Å². The molecule has 0 aliphatic carbocycles. The van der Waals surface area contributed by atoms with Crippen LogP contribution in [0.15, 0.2) is 22.3 Å². The molecule has 0 aromatic carbocycles. The third kappa shape index (κ3) is 3.36. The number of halogens is 1. The third-order valence-electron chi connectivity index (χ3n) is 1.14. The van der Waals surface area contributed by atoms with Gasteiger partial charge in [-0.15, -0.1) is 0 Å². The molecule has 0 aliphatic heterocycles. The van der Waals surface area contributed by atoms with Crippen molar-refractivity contribution < 1.29 is 0 Å². The van der Waals surface area contributed by atoms with E-state index in [1.807, 2.05) is 19.9 Å². The molecule has 0 radical (unpaired) electrons. The Morgan fingerprint density at radius 3 is 2.17 bits per heavy atom. The Bertz CT molecular complexity index is 288. The second-order valence-electron chi connectivity index (χ2n) is 2.68. The minimum atomic E-state index is 0.194. The number of hydrogen-bond acceptors (Lipinski definition) is 2. The Morgan fingerprint density at radius 2 is 1.92 bits per heavy atom. The molecule has 0 amide bonds. The first-order chi connectivity index (χ1) is 5.49. The highest BCUT2D eigenvalue weighted by molar-refractivity contribution is 6.34. The standard InChI is InChI=1S/C9H11ClN2/c1-6(2)4-9(10)8(5-11)7(3)12/h4,12H,1-3H3. The Labute approximate surface area is 77.7 Å². The average molecular weight is 183 g/mol. The molecule has 0 aromatic heterocycles. The van der Waals surface area contributed by atoms with Crippen LogP contribution in [0.3, 0.4) is 0 Å². The van der Waals surface area contributed by atoms with Gasteiger partial charge in [-0.25, -0.2) is 0 Å². The van der Waals surface area contributed by atoms with Crippen molar-refractivity contribution in [3.05, 3.63) is 22.3 Å². The molecule has 0 fully saturated rings. The average Bonchev–Trinajstić information content (AvgIpc) is 1.85. The van der Waals surface area contributed by atoms with Crippen molar-refractivity contribution in [1.29, 1.82) is 10.7 Å². The molecule has 0 saturated heterocycles. The lowest BCUT2D eigenvalue weighted by Crippen LogP contribution is -1.94. The van der Waals surface area contributed by atoms with Crippen molar-refractivity contribution in [2.45, 2.75) is 20.8 Å². The normalized spacial score (nSPS) is 11.2. The van der Waals surface area contributed by atoms with Crippen molar-refractivity contribution in [3.63, 3.8) is 0 Å². The fraction of sp³-hybridized carbons (Fsp3) is 0.333. The quantitative estimate of drug-likeness (QED) is 0.398. The number of rotatable bonds is 2. The molecule has 1 N–H and O–H groups in total. The van der Waals surface area contributed by atoms with E-state index in [-0.39, 0.29) is 11.3 Å². The van der Waals surface area contributed by atoms with E-state index in [2.05, 4.69) is 0 Å². The highest BCUT2D eigenvalue weighted by Crippen LogP contribution is 2.13. The van der Waals surface area contributed by atoms with Crippen molar-refractivity contribution in [1.82, 2.24) is 0 Å².